The van der Waals surface area contributed by atoms with Gasteiger partial charge in [0.25, 0.3) is 6.43 Å². The lowest BCUT2D eigenvalue weighted by Crippen LogP contribution is -2.43. The highest BCUT2D eigenvalue weighted by molar-refractivity contribution is 5.24. The van der Waals surface area contributed by atoms with Gasteiger partial charge in [0.15, 0.2) is 0 Å². The first-order valence-electron chi connectivity index (χ1n) is 7.29. The van der Waals surface area contributed by atoms with Gasteiger partial charge in [-0.3, -0.25) is 0 Å². The lowest BCUT2D eigenvalue weighted by atomic mass is 9.79. The number of aliphatic hydroxyl groups is 1. The van der Waals surface area contributed by atoms with E-state index < -0.39 is 12.0 Å². The molecule has 0 heterocycles. The van der Waals surface area contributed by atoms with E-state index in [2.05, 4.69) is 12.2 Å². The molecule has 2 unspecified atom stereocenters. The maximum atomic E-state index is 12.6. The molecule has 112 valence electrons. The highest BCUT2D eigenvalue weighted by Crippen LogP contribution is 2.31. The summed E-state index contributed by atoms with van der Waals surface area (Å²) in [6, 6.07) is 6.43. The zero-order valence-electron chi connectivity index (χ0n) is 11.9. The summed E-state index contributed by atoms with van der Waals surface area (Å²) in [6.45, 7) is 3.20. The molecule has 20 heavy (non-hydrogen) atoms. The number of alkyl halides is 2. The molecule has 2 atom stereocenters. The third kappa shape index (κ3) is 4.25. The van der Waals surface area contributed by atoms with Gasteiger partial charge in [-0.05, 0) is 30.4 Å². The second kappa shape index (κ2) is 6.64. The van der Waals surface area contributed by atoms with Crippen LogP contribution in [0.1, 0.15) is 50.2 Å². The molecule has 0 spiro atoms. The Labute approximate surface area is 119 Å². The zero-order chi connectivity index (χ0) is 14.6. The summed E-state index contributed by atoms with van der Waals surface area (Å²) in [5.74, 6) is 0.553. The molecular weight excluding hydrogens is 260 g/mol. The molecule has 1 aromatic carbocycles. The molecular formula is C16H23F2NO. The van der Waals surface area contributed by atoms with Gasteiger partial charge in [-0.1, -0.05) is 38.0 Å². The van der Waals surface area contributed by atoms with E-state index in [4.69, 9.17) is 0 Å². The maximum absolute atomic E-state index is 12.6. The van der Waals surface area contributed by atoms with Crippen LogP contribution in [0.25, 0.3) is 0 Å². The van der Waals surface area contributed by atoms with Crippen LogP contribution in [0.2, 0.25) is 0 Å². The van der Waals surface area contributed by atoms with Crippen molar-refractivity contribution in [1.29, 1.82) is 0 Å². The van der Waals surface area contributed by atoms with E-state index in [-0.39, 0.29) is 5.56 Å². The van der Waals surface area contributed by atoms with E-state index in [9.17, 15) is 13.9 Å². The summed E-state index contributed by atoms with van der Waals surface area (Å²) >= 11 is 0. The smallest absolute Gasteiger partial charge is 0.263 e. The Hall–Kier alpha value is -1.00. The van der Waals surface area contributed by atoms with Gasteiger partial charge in [0.1, 0.15) is 0 Å². The van der Waals surface area contributed by atoms with Crippen molar-refractivity contribution in [2.45, 2.75) is 51.2 Å². The maximum Gasteiger partial charge on any atom is 0.263 e. The second-order valence-corrected chi connectivity index (χ2v) is 6.08. The van der Waals surface area contributed by atoms with Crippen molar-refractivity contribution in [3.05, 3.63) is 35.4 Å². The molecule has 1 aliphatic carbocycles. The van der Waals surface area contributed by atoms with Crippen LogP contribution in [-0.4, -0.2) is 17.3 Å². The molecule has 1 fully saturated rings. The van der Waals surface area contributed by atoms with Crippen molar-refractivity contribution >= 4 is 0 Å². The van der Waals surface area contributed by atoms with Crippen LogP contribution in [-0.2, 0) is 6.54 Å². The second-order valence-electron chi connectivity index (χ2n) is 6.08. The Bertz CT molecular complexity index is 438. The first-order valence-corrected chi connectivity index (χ1v) is 7.29. The molecule has 0 radical (unpaired) electrons. The summed E-state index contributed by atoms with van der Waals surface area (Å²) in [4.78, 5) is 0. The molecule has 2 nitrogen and oxygen atoms in total. The molecule has 1 saturated carbocycles. The molecule has 4 heteroatoms. The number of rotatable bonds is 5. The van der Waals surface area contributed by atoms with Gasteiger partial charge < -0.3 is 10.4 Å². The van der Waals surface area contributed by atoms with Crippen molar-refractivity contribution in [3.63, 3.8) is 0 Å². The molecule has 2 rings (SSSR count). The van der Waals surface area contributed by atoms with Crippen molar-refractivity contribution < 1.29 is 13.9 Å². The SMILES string of the molecule is CC1CCCC(O)(CNCc2cccc(C(F)F)c2)C1. The molecule has 0 bridgehead atoms. The van der Waals surface area contributed by atoms with Crippen molar-refractivity contribution in [1.82, 2.24) is 5.32 Å². The Balaban J connectivity index is 1.85. The van der Waals surface area contributed by atoms with Gasteiger partial charge in [0.05, 0.1) is 5.60 Å². The average molecular weight is 283 g/mol. The van der Waals surface area contributed by atoms with E-state index in [1.807, 2.05) is 6.07 Å². The topological polar surface area (TPSA) is 32.3 Å². The van der Waals surface area contributed by atoms with Crippen LogP contribution >= 0.6 is 0 Å². The highest BCUT2D eigenvalue weighted by atomic mass is 19.3. The fraction of sp³-hybridized carbons (Fsp3) is 0.625. The Morgan fingerprint density at radius 2 is 2.25 bits per heavy atom. The fourth-order valence-electron chi connectivity index (χ4n) is 3.07. The highest BCUT2D eigenvalue weighted by Gasteiger charge is 2.31. The molecule has 0 amide bonds. The lowest BCUT2D eigenvalue weighted by Gasteiger charge is -2.35. The van der Waals surface area contributed by atoms with Gasteiger partial charge in [0, 0.05) is 18.7 Å². The van der Waals surface area contributed by atoms with Gasteiger partial charge in [-0.25, -0.2) is 8.78 Å². The fourth-order valence-corrected chi connectivity index (χ4v) is 3.07. The van der Waals surface area contributed by atoms with E-state index >= 15 is 0 Å². The predicted octanol–water partition coefficient (Wildman–Crippen LogP) is 3.66. The first-order chi connectivity index (χ1) is 9.48. The Kier molecular flexibility index (Phi) is 5.11. The standard InChI is InChI=1S/C16H23F2NO/c1-12-4-3-7-16(20,9-12)11-19-10-13-5-2-6-14(8-13)15(17)18/h2,5-6,8,12,15,19-20H,3-4,7,9-11H2,1H3. The Morgan fingerprint density at radius 1 is 1.45 bits per heavy atom. The van der Waals surface area contributed by atoms with Crippen LogP contribution in [0.3, 0.4) is 0 Å². The van der Waals surface area contributed by atoms with Crippen LogP contribution in [0.15, 0.2) is 24.3 Å². The van der Waals surface area contributed by atoms with Crippen molar-refractivity contribution in [3.8, 4) is 0 Å². The number of benzene rings is 1. The quantitative estimate of drug-likeness (QED) is 0.864. The number of hydrogen-bond donors (Lipinski definition) is 2. The Morgan fingerprint density at radius 3 is 2.95 bits per heavy atom. The molecule has 2 N–H and O–H groups in total. The van der Waals surface area contributed by atoms with Gasteiger partial charge in [0.2, 0.25) is 0 Å². The normalized spacial score (nSPS) is 26.9. The van der Waals surface area contributed by atoms with E-state index in [0.29, 0.717) is 19.0 Å². The molecule has 0 aromatic heterocycles. The largest absolute Gasteiger partial charge is 0.389 e. The molecule has 0 aliphatic heterocycles. The van der Waals surface area contributed by atoms with Crippen molar-refractivity contribution in [2.75, 3.05) is 6.54 Å². The van der Waals surface area contributed by atoms with E-state index in [1.54, 1.807) is 6.07 Å². The average Bonchev–Trinajstić information content (AvgIpc) is 2.38. The molecule has 0 saturated heterocycles. The van der Waals surface area contributed by atoms with Gasteiger partial charge in [-0.2, -0.15) is 0 Å². The minimum absolute atomic E-state index is 0.0503. The molecule has 1 aromatic rings. The van der Waals surface area contributed by atoms with Gasteiger partial charge in [-0.15, -0.1) is 0 Å². The van der Waals surface area contributed by atoms with Crippen LogP contribution in [0.5, 0.6) is 0 Å². The third-order valence-corrected chi connectivity index (χ3v) is 4.05. The van der Waals surface area contributed by atoms with Crippen LogP contribution in [0, 0.1) is 5.92 Å². The third-order valence-electron chi connectivity index (χ3n) is 4.05. The lowest BCUT2D eigenvalue weighted by molar-refractivity contribution is -0.0119. The summed E-state index contributed by atoms with van der Waals surface area (Å²) < 4.78 is 25.2. The van der Waals surface area contributed by atoms with Crippen LogP contribution in [0.4, 0.5) is 8.78 Å². The van der Waals surface area contributed by atoms with Gasteiger partial charge >= 0.3 is 0 Å². The predicted molar refractivity (Wildman–Crippen MR) is 75.7 cm³/mol. The van der Waals surface area contributed by atoms with E-state index in [1.165, 1.54) is 18.6 Å². The summed E-state index contributed by atoms with van der Waals surface area (Å²) in [6.07, 6.45) is 1.44. The number of nitrogens with one attached hydrogen (secondary N) is 1. The van der Waals surface area contributed by atoms with Crippen LogP contribution < -0.4 is 5.32 Å². The molecule has 1 aliphatic rings. The summed E-state index contributed by atoms with van der Waals surface area (Å²) in [5.41, 5.74) is 0.238. The minimum atomic E-state index is -2.43. The van der Waals surface area contributed by atoms with Crippen molar-refractivity contribution in [2.24, 2.45) is 5.92 Å². The number of halogens is 2. The zero-order valence-corrected chi connectivity index (χ0v) is 11.9. The monoisotopic (exact) mass is 283 g/mol. The minimum Gasteiger partial charge on any atom is -0.389 e. The van der Waals surface area contributed by atoms with E-state index in [0.717, 1.165) is 24.8 Å². The summed E-state index contributed by atoms with van der Waals surface area (Å²) in [7, 11) is 0. The summed E-state index contributed by atoms with van der Waals surface area (Å²) in [5, 5.41) is 13.7. The first kappa shape index (κ1) is 15.4. The number of hydrogen-bond acceptors (Lipinski definition) is 2.